The number of carbonyl (C=O) groups excluding carboxylic acids is 1. The molecule has 1 unspecified atom stereocenters. The summed E-state index contributed by atoms with van der Waals surface area (Å²) in [6.07, 6.45) is 1.44. The van der Waals surface area contributed by atoms with Crippen molar-refractivity contribution >= 4 is 5.91 Å². The van der Waals surface area contributed by atoms with E-state index in [4.69, 9.17) is 5.21 Å². The third-order valence-electron chi connectivity index (χ3n) is 4.96. The Morgan fingerprint density at radius 3 is 2.19 bits per heavy atom. The molecule has 0 saturated heterocycles. The van der Waals surface area contributed by atoms with E-state index in [1.165, 1.54) is 12.4 Å². The molecule has 0 spiro atoms. The van der Waals surface area contributed by atoms with Crippen LogP contribution in [0.25, 0.3) is 11.1 Å². The van der Waals surface area contributed by atoms with Crippen LogP contribution in [0.1, 0.15) is 18.9 Å². The molecule has 0 saturated carbocycles. The van der Waals surface area contributed by atoms with E-state index < -0.39 is 30.7 Å². The first kappa shape index (κ1) is 21.0. The first-order valence-corrected chi connectivity index (χ1v) is 9.01. The van der Waals surface area contributed by atoms with Crippen molar-refractivity contribution in [3.05, 3.63) is 60.2 Å². The largest absolute Gasteiger partial charge is 0.303 e. The van der Waals surface area contributed by atoms with Gasteiger partial charge in [0.1, 0.15) is 5.54 Å². The summed E-state index contributed by atoms with van der Waals surface area (Å²) in [5.74, 6) is -2.00. The molecule has 2 rings (SSSR count). The highest BCUT2D eigenvalue weighted by Crippen LogP contribution is 2.21. The molecule has 4 nitrogen and oxygen atoms in total. The highest BCUT2D eigenvalue weighted by atomic mass is 19.1. The molecule has 0 aliphatic heterocycles. The summed E-state index contributed by atoms with van der Waals surface area (Å²) in [4.78, 5) is 11.9. The second-order valence-corrected chi connectivity index (χ2v) is 6.74. The first-order chi connectivity index (χ1) is 13.0. The molecule has 0 fully saturated rings. The SMILES string of the molecule is CC(NCCCc1ccc(-c2ccccc2)cc1)(C(=O)NO)C(CF)CF. The summed E-state index contributed by atoms with van der Waals surface area (Å²) >= 11 is 0. The molecule has 0 aliphatic rings. The Morgan fingerprint density at radius 2 is 1.63 bits per heavy atom. The zero-order chi connectivity index (χ0) is 19.7. The maximum Gasteiger partial charge on any atom is 0.263 e. The summed E-state index contributed by atoms with van der Waals surface area (Å²) in [5.41, 5.74) is 3.42. The van der Waals surface area contributed by atoms with Crippen LogP contribution in [-0.4, -0.2) is 36.5 Å². The number of benzene rings is 2. The number of nitrogens with one attached hydrogen (secondary N) is 2. The Hall–Kier alpha value is -2.31. The molecule has 0 heterocycles. The van der Waals surface area contributed by atoms with Gasteiger partial charge in [-0.25, -0.2) is 5.48 Å². The van der Waals surface area contributed by atoms with Crippen molar-refractivity contribution in [2.24, 2.45) is 5.92 Å². The van der Waals surface area contributed by atoms with Gasteiger partial charge in [-0.1, -0.05) is 54.6 Å². The van der Waals surface area contributed by atoms with E-state index in [1.807, 2.05) is 30.3 Å². The number of hydrogen-bond acceptors (Lipinski definition) is 3. The average molecular weight is 376 g/mol. The zero-order valence-corrected chi connectivity index (χ0v) is 15.4. The smallest absolute Gasteiger partial charge is 0.263 e. The summed E-state index contributed by atoms with van der Waals surface area (Å²) in [6, 6.07) is 18.3. The lowest BCUT2D eigenvalue weighted by Gasteiger charge is -2.33. The van der Waals surface area contributed by atoms with Gasteiger partial charge in [-0.05, 0) is 43.0 Å². The van der Waals surface area contributed by atoms with Crippen molar-refractivity contribution in [2.45, 2.75) is 25.3 Å². The molecule has 0 bridgehead atoms. The van der Waals surface area contributed by atoms with Crippen LogP contribution in [-0.2, 0) is 11.2 Å². The van der Waals surface area contributed by atoms with E-state index in [-0.39, 0.29) is 0 Å². The van der Waals surface area contributed by atoms with E-state index >= 15 is 0 Å². The number of halogens is 2. The Kier molecular flexibility index (Phi) is 7.88. The minimum Gasteiger partial charge on any atom is -0.303 e. The highest BCUT2D eigenvalue weighted by molar-refractivity contribution is 5.85. The van der Waals surface area contributed by atoms with Crippen LogP contribution in [0.4, 0.5) is 8.78 Å². The van der Waals surface area contributed by atoms with E-state index in [9.17, 15) is 13.6 Å². The van der Waals surface area contributed by atoms with Gasteiger partial charge in [0.05, 0.1) is 13.3 Å². The molecule has 0 radical (unpaired) electrons. The summed E-state index contributed by atoms with van der Waals surface area (Å²) in [5, 5.41) is 11.8. The number of alkyl halides is 2. The van der Waals surface area contributed by atoms with E-state index in [1.54, 1.807) is 0 Å². The number of amides is 1. The Balaban J connectivity index is 1.90. The minimum atomic E-state index is -1.50. The van der Waals surface area contributed by atoms with Gasteiger partial charge < -0.3 is 5.32 Å². The number of hydrogen-bond donors (Lipinski definition) is 3. The van der Waals surface area contributed by atoms with Crippen LogP contribution in [0, 0.1) is 5.92 Å². The lowest BCUT2D eigenvalue weighted by atomic mass is 9.86. The molecule has 0 aromatic heterocycles. The maximum absolute atomic E-state index is 13.1. The van der Waals surface area contributed by atoms with Crippen molar-refractivity contribution < 1.29 is 18.8 Å². The molecule has 146 valence electrons. The minimum absolute atomic E-state index is 0.390. The fourth-order valence-corrected chi connectivity index (χ4v) is 3.01. The van der Waals surface area contributed by atoms with E-state index in [0.717, 1.165) is 23.1 Å². The van der Waals surface area contributed by atoms with Gasteiger partial charge in [-0.15, -0.1) is 0 Å². The van der Waals surface area contributed by atoms with Crippen LogP contribution < -0.4 is 10.8 Å². The quantitative estimate of drug-likeness (QED) is 0.337. The molecule has 1 atom stereocenters. The van der Waals surface area contributed by atoms with Crippen molar-refractivity contribution in [3.8, 4) is 11.1 Å². The fraction of sp³-hybridized carbons (Fsp3) is 0.381. The lowest BCUT2D eigenvalue weighted by Crippen LogP contribution is -2.60. The van der Waals surface area contributed by atoms with Crippen LogP contribution in [0.3, 0.4) is 0 Å². The maximum atomic E-state index is 13.1. The third kappa shape index (κ3) is 5.34. The van der Waals surface area contributed by atoms with Gasteiger partial charge in [0.15, 0.2) is 0 Å². The van der Waals surface area contributed by atoms with Crippen LogP contribution >= 0.6 is 0 Å². The Bertz CT molecular complexity index is 706. The standard InChI is InChI=1S/C21H26F2N2O2/c1-21(20(26)25-27,19(14-22)15-23)24-13-5-6-16-9-11-18(12-10-16)17-7-3-2-4-8-17/h2-4,7-12,19,24,27H,5-6,13-15H2,1H3,(H,25,26). The molecule has 2 aromatic rings. The van der Waals surface area contributed by atoms with Crippen LogP contribution in [0.2, 0.25) is 0 Å². The molecule has 0 aliphatic carbocycles. The first-order valence-electron chi connectivity index (χ1n) is 9.01. The monoisotopic (exact) mass is 376 g/mol. The van der Waals surface area contributed by atoms with Gasteiger partial charge in [0.25, 0.3) is 5.91 Å². The second-order valence-electron chi connectivity index (χ2n) is 6.74. The molecule has 27 heavy (non-hydrogen) atoms. The number of rotatable bonds is 10. The molecular formula is C21H26F2N2O2. The average Bonchev–Trinajstić information content (AvgIpc) is 2.72. The van der Waals surface area contributed by atoms with Crippen molar-refractivity contribution in [2.75, 3.05) is 19.9 Å². The van der Waals surface area contributed by atoms with Crippen LogP contribution in [0.5, 0.6) is 0 Å². The van der Waals surface area contributed by atoms with Gasteiger partial charge in [-0.3, -0.25) is 18.8 Å². The molecule has 6 heteroatoms. The number of carbonyl (C=O) groups is 1. The van der Waals surface area contributed by atoms with Crippen molar-refractivity contribution in [1.29, 1.82) is 0 Å². The summed E-state index contributed by atoms with van der Waals surface area (Å²) in [7, 11) is 0. The number of aryl methyl sites for hydroxylation is 1. The summed E-state index contributed by atoms with van der Waals surface area (Å²) < 4.78 is 26.1. The normalized spacial score (nSPS) is 13.4. The Labute approximate surface area is 158 Å². The zero-order valence-electron chi connectivity index (χ0n) is 15.4. The fourth-order valence-electron chi connectivity index (χ4n) is 3.01. The molecular weight excluding hydrogens is 350 g/mol. The van der Waals surface area contributed by atoms with Gasteiger partial charge in [0, 0.05) is 5.92 Å². The second kappa shape index (κ2) is 10.1. The molecule has 1 amide bonds. The molecule has 2 aromatic carbocycles. The topological polar surface area (TPSA) is 61.4 Å². The number of hydroxylamine groups is 1. The summed E-state index contributed by atoms with van der Waals surface area (Å²) in [6.45, 7) is -0.194. The predicted octanol–water partition coefficient (Wildman–Crippen LogP) is 3.70. The third-order valence-corrected chi connectivity index (χ3v) is 4.96. The lowest BCUT2D eigenvalue weighted by molar-refractivity contribution is -0.138. The van der Waals surface area contributed by atoms with Gasteiger partial charge in [0.2, 0.25) is 0 Å². The Morgan fingerprint density at radius 1 is 1.04 bits per heavy atom. The van der Waals surface area contributed by atoms with Gasteiger partial charge in [-0.2, -0.15) is 0 Å². The van der Waals surface area contributed by atoms with E-state index in [2.05, 4.69) is 29.6 Å². The van der Waals surface area contributed by atoms with Crippen molar-refractivity contribution in [1.82, 2.24) is 10.8 Å². The van der Waals surface area contributed by atoms with Gasteiger partial charge >= 0.3 is 0 Å². The highest BCUT2D eigenvalue weighted by Gasteiger charge is 2.41. The molecule has 3 N–H and O–H groups in total. The van der Waals surface area contributed by atoms with E-state index in [0.29, 0.717) is 13.0 Å². The van der Waals surface area contributed by atoms with Crippen molar-refractivity contribution in [3.63, 3.8) is 0 Å². The predicted molar refractivity (Wildman–Crippen MR) is 102 cm³/mol. The van der Waals surface area contributed by atoms with Crippen LogP contribution in [0.15, 0.2) is 54.6 Å².